The molecule has 1 aromatic heterocycles. The maximum absolute atomic E-state index is 12.6. The van der Waals surface area contributed by atoms with Gasteiger partial charge in [-0.1, -0.05) is 12.1 Å². The molecular weight excluding hydrogens is 316 g/mol. The normalized spacial score (nSPS) is 18.5. The number of nitrogens with one attached hydrogen (secondary N) is 1. The fourth-order valence-electron chi connectivity index (χ4n) is 3.23. The summed E-state index contributed by atoms with van der Waals surface area (Å²) in [6.45, 7) is 8.20. The number of carbonyl (C=O) groups is 2. The Morgan fingerprint density at radius 3 is 2.68 bits per heavy atom. The van der Waals surface area contributed by atoms with Gasteiger partial charge in [-0.05, 0) is 57.0 Å². The summed E-state index contributed by atoms with van der Waals surface area (Å²) in [5.74, 6) is 1.08. The molecular formula is C20H24N2O3. The van der Waals surface area contributed by atoms with Crippen LogP contribution in [0, 0.1) is 26.7 Å². The monoisotopic (exact) mass is 340 g/mol. The van der Waals surface area contributed by atoms with Crippen molar-refractivity contribution in [2.45, 2.75) is 40.2 Å². The summed E-state index contributed by atoms with van der Waals surface area (Å²) in [7, 11) is 0. The topological polar surface area (TPSA) is 62.6 Å². The van der Waals surface area contributed by atoms with Gasteiger partial charge in [0.15, 0.2) is 0 Å². The minimum Gasteiger partial charge on any atom is -0.464 e. The predicted octanol–water partition coefficient (Wildman–Crippen LogP) is 3.44. The molecule has 25 heavy (non-hydrogen) atoms. The van der Waals surface area contributed by atoms with E-state index >= 15 is 0 Å². The van der Waals surface area contributed by atoms with Gasteiger partial charge in [-0.25, -0.2) is 0 Å². The number of rotatable bonds is 4. The lowest BCUT2D eigenvalue weighted by atomic mass is 10.1. The van der Waals surface area contributed by atoms with E-state index in [1.807, 2.05) is 58.0 Å². The second kappa shape index (κ2) is 6.75. The van der Waals surface area contributed by atoms with Crippen LogP contribution in [-0.4, -0.2) is 18.4 Å². The van der Waals surface area contributed by atoms with Crippen molar-refractivity contribution in [2.24, 2.45) is 5.92 Å². The quantitative estimate of drug-likeness (QED) is 0.927. The van der Waals surface area contributed by atoms with E-state index in [-0.39, 0.29) is 30.2 Å². The van der Waals surface area contributed by atoms with Crippen molar-refractivity contribution in [2.75, 3.05) is 11.4 Å². The van der Waals surface area contributed by atoms with Crippen LogP contribution in [0.2, 0.25) is 0 Å². The molecule has 1 aliphatic heterocycles. The van der Waals surface area contributed by atoms with Crippen LogP contribution < -0.4 is 10.2 Å². The Labute approximate surface area is 148 Å². The fraction of sp³-hybridized carbons (Fsp3) is 0.400. The van der Waals surface area contributed by atoms with E-state index in [2.05, 4.69) is 5.32 Å². The molecule has 5 nitrogen and oxygen atoms in total. The smallest absolute Gasteiger partial charge is 0.227 e. The first-order chi connectivity index (χ1) is 11.9. The second-order valence-corrected chi connectivity index (χ2v) is 6.80. The second-order valence-electron chi connectivity index (χ2n) is 6.80. The maximum Gasteiger partial charge on any atom is 0.227 e. The minimum absolute atomic E-state index is 0.00431. The van der Waals surface area contributed by atoms with Crippen LogP contribution >= 0.6 is 0 Å². The van der Waals surface area contributed by atoms with Crippen molar-refractivity contribution in [3.8, 4) is 0 Å². The molecule has 1 saturated heterocycles. The van der Waals surface area contributed by atoms with Crippen LogP contribution in [0.3, 0.4) is 0 Å². The van der Waals surface area contributed by atoms with E-state index in [1.165, 1.54) is 0 Å². The Bertz CT molecular complexity index is 809. The van der Waals surface area contributed by atoms with Gasteiger partial charge in [-0.3, -0.25) is 9.59 Å². The number of aryl methyl sites for hydroxylation is 2. The van der Waals surface area contributed by atoms with Crippen molar-refractivity contribution in [1.29, 1.82) is 0 Å². The average Bonchev–Trinajstić information content (AvgIpc) is 3.16. The van der Waals surface area contributed by atoms with Gasteiger partial charge in [-0.2, -0.15) is 0 Å². The highest BCUT2D eigenvalue weighted by Crippen LogP contribution is 2.29. The van der Waals surface area contributed by atoms with E-state index in [4.69, 9.17) is 4.42 Å². The van der Waals surface area contributed by atoms with Crippen molar-refractivity contribution < 1.29 is 14.0 Å². The van der Waals surface area contributed by atoms with Crippen molar-refractivity contribution >= 4 is 17.5 Å². The van der Waals surface area contributed by atoms with Gasteiger partial charge < -0.3 is 14.6 Å². The van der Waals surface area contributed by atoms with Crippen LogP contribution in [0.25, 0.3) is 0 Å². The molecule has 0 bridgehead atoms. The van der Waals surface area contributed by atoms with Crippen molar-refractivity contribution in [1.82, 2.24) is 5.32 Å². The number of benzene rings is 1. The number of carbonyl (C=O) groups excluding carboxylic acids is 2. The summed E-state index contributed by atoms with van der Waals surface area (Å²) in [4.78, 5) is 26.7. The Hall–Kier alpha value is -2.56. The van der Waals surface area contributed by atoms with Gasteiger partial charge in [-0.15, -0.1) is 0 Å². The summed E-state index contributed by atoms with van der Waals surface area (Å²) < 4.78 is 5.56. The van der Waals surface area contributed by atoms with Crippen LogP contribution in [0.5, 0.6) is 0 Å². The lowest BCUT2D eigenvalue weighted by Gasteiger charge is -2.20. The van der Waals surface area contributed by atoms with Crippen LogP contribution in [0.15, 0.2) is 34.7 Å². The Morgan fingerprint density at radius 1 is 1.24 bits per heavy atom. The molecule has 5 heteroatoms. The van der Waals surface area contributed by atoms with Crippen LogP contribution in [0.1, 0.15) is 42.0 Å². The molecule has 0 radical (unpaired) electrons. The zero-order valence-electron chi connectivity index (χ0n) is 15.1. The molecule has 2 unspecified atom stereocenters. The third kappa shape index (κ3) is 3.45. The van der Waals surface area contributed by atoms with Crippen molar-refractivity contribution in [3.63, 3.8) is 0 Å². The first-order valence-electron chi connectivity index (χ1n) is 8.60. The van der Waals surface area contributed by atoms with Gasteiger partial charge in [0, 0.05) is 18.7 Å². The Balaban J connectivity index is 1.69. The van der Waals surface area contributed by atoms with Crippen molar-refractivity contribution in [3.05, 3.63) is 53.0 Å². The highest BCUT2D eigenvalue weighted by atomic mass is 16.3. The molecule has 3 rings (SSSR count). The van der Waals surface area contributed by atoms with E-state index < -0.39 is 0 Å². The molecule has 0 saturated carbocycles. The van der Waals surface area contributed by atoms with Gasteiger partial charge >= 0.3 is 0 Å². The van der Waals surface area contributed by atoms with Gasteiger partial charge in [0.25, 0.3) is 0 Å². The zero-order chi connectivity index (χ0) is 18.1. The number of hydrogen-bond acceptors (Lipinski definition) is 3. The predicted molar refractivity (Wildman–Crippen MR) is 96.4 cm³/mol. The SMILES string of the molecule is Cc1ccc(C(C)NC(=O)C2CC(=O)N(c3cccc(C)c3C)C2)o1. The number of furan rings is 1. The number of hydrogen-bond donors (Lipinski definition) is 1. The van der Waals surface area contributed by atoms with E-state index in [9.17, 15) is 9.59 Å². The molecule has 2 aromatic rings. The number of amides is 2. The molecule has 1 aliphatic rings. The summed E-state index contributed by atoms with van der Waals surface area (Å²) >= 11 is 0. The first kappa shape index (κ1) is 17.3. The molecule has 0 spiro atoms. The standard InChI is InChI=1S/C20H24N2O3/c1-12-6-5-7-17(14(12)3)22-11-16(10-19(22)23)20(24)21-15(4)18-9-8-13(2)25-18/h5-9,15-16H,10-11H2,1-4H3,(H,21,24). The molecule has 2 heterocycles. The molecule has 1 N–H and O–H groups in total. The molecule has 132 valence electrons. The summed E-state index contributed by atoms with van der Waals surface area (Å²) in [5, 5.41) is 2.96. The summed E-state index contributed by atoms with van der Waals surface area (Å²) in [5.41, 5.74) is 3.12. The molecule has 0 aliphatic carbocycles. The highest BCUT2D eigenvalue weighted by molar-refractivity contribution is 6.01. The lowest BCUT2D eigenvalue weighted by molar-refractivity contribution is -0.127. The zero-order valence-corrected chi connectivity index (χ0v) is 15.1. The summed E-state index contributed by atoms with van der Waals surface area (Å²) in [6, 6.07) is 9.43. The summed E-state index contributed by atoms with van der Waals surface area (Å²) in [6.07, 6.45) is 0.239. The van der Waals surface area contributed by atoms with Gasteiger partial charge in [0.1, 0.15) is 11.5 Å². The fourth-order valence-corrected chi connectivity index (χ4v) is 3.23. The number of anilines is 1. The van der Waals surface area contributed by atoms with E-state index in [1.54, 1.807) is 4.90 Å². The first-order valence-corrected chi connectivity index (χ1v) is 8.60. The largest absolute Gasteiger partial charge is 0.464 e. The van der Waals surface area contributed by atoms with Gasteiger partial charge in [0.2, 0.25) is 11.8 Å². The van der Waals surface area contributed by atoms with E-state index in [0.29, 0.717) is 6.54 Å². The van der Waals surface area contributed by atoms with Crippen LogP contribution in [-0.2, 0) is 9.59 Å². The minimum atomic E-state index is -0.342. The van der Waals surface area contributed by atoms with Crippen LogP contribution in [0.4, 0.5) is 5.69 Å². The third-order valence-corrected chi connectivity index (χ3v) is 4.91. The molecule has 1 aromatic carbocycles. The third-order valence-electron chi connectivity index (χ3n) is 4.91. The molecule has 1 fully saturated rings. The Morgan fingerprint density at radius 2 is 2.00 bits per heavy atom. The Kier molecular flexibility index (Phi) is 4.66. The number of nitrogens with zero attached hydrogens (tertiary/aromatic N) is 1. The molecule has 2 amide bonds. The average molecular weight is 340 g/mol. The van der Waals surface area contributed by atoms with E-state index in [0.717, 1.165) is 28.3 Å². The molecule has 2 atom stereocenters. The lowest BCUT2D eigenvalue weighted by Crippen LogP contribution is -2.34. The maximum atomic E-state index is 12.6. The highest BCUT2D eigenvalue weighted by Gasteiger charge is 2.36. The van der Waals surface area contributed by atoms with Gasteiger partial charge in [0.05, 0.1) is 12.0 Å².